The Hall–Kier alpha value is -2.32. The monoisotopic (exact) mass is 259 g/mol. The third-order valence-corrected chi connectivity index (χ3v) is 2.65. The minimum Gasteiger partial charge on any atom is -0.394 e. The molecule has 2 aromatic rings. The molecule has 0 atom stereocenters. The molecule has 0 saturated heterocycles. The lowest BCUT2D eigenvalue weighted by molar-refractivity contribution is 1.08. The van der Waals surface area contributed by atoms with Crippen LogP contribution in [0.4, 0.5) is 17.2 Å². The van der Waals surface area contributed by atoms with Crippen LogP contribution in [-0.2, 0) is 0 Å². The van der Waals surface area contributed by atoms with Gasteiger partial charge in [0.2, 0.25) is 5.28 Å². The Morgan fingerprint density at radius 3 is 2.83 bits per heavy atom. The molecular weight excluding hydrogens is 250 g/mol. The Balaban J connectivity index is 2.51. The number of hydrogen-bond acceptors (Lipinski definition) is 5. The summed E-state index contributed by atoms with van der Waals surface area (Å²) in [5.74, 6) is 0.470. The zero-order valence-electron chi connectivity index (χ0n) is 9.63. The Morgan fingerprint density at radius 2 is 2.11 bits per heavy atom. The number of nitriles is 1. The van der Waals surface area contributed by atoms with Gasteiger partial charge >= 0.3 is 0 Å². The van der Waals surface area contributed by atoms with Crippen molar-refractivity contribution in [2.75, 3.05) is 17.7 Å². The van der Waals surface area contributed by atoms with Crippen molar-refractivity contribution in [2.24, 2.45) is 0 Å². The number of anilines is 3. The predicted octanol–water partition coefficient (Wildman–Crippen LogP) is 2.35. The van der Waals surface area contributed by atoms with Gasteiger partial charge in [0.1, 0.15) is 6.07 Å². The van der Waals surface area contributed by atoms with Crippen molar-refractivity contribution >= 4 is 28.8 Å². The molecule has 0 aliphatic carbocycles. The lowest BCUT2D eigenvalue weighted by Crippen LogP contribution is -2.15. The van der Waals surface area contributed by atoms with Gasteiger partial charge in [-0.25, -0.2) is 4.98 Å². The molecule has 0 fully saturated rings. The van der Waals surface area contributed by atoms with Gasteiger partial charge in [0.25, 0.3) is 0 Å². The van der Waals surface area contributed by atoms with E-state index < -0.39 is 0 Å². The minimum atomic E-state index is 0.112. The third kappa shape index (κ3) is 2.19. The second-order valence-corrected chi connectivity index (χ2v) is 3.94. The number of para-hydroxylation sites is 1. The van der Waals surface area contributed by atoms with Crippen LogP contribution in [0.3, 0.4) is 0 Å². The fourth-order valence-corrected chi connectivity index (χ4v) is 1.73. The second kappa shape index (κ2) is 4.90. The Bertz CT molecular complexity index is 620. The number of nitrogen functional groups attached to an aromatic ring is 1. The van der Waals surface area contributed by atoms with Crippen LogP contribution < -0.4 is 10.6 Å². The topological polar surface area (TPSA) is 78.8 Å². The molecule has 2 N–H and O–H groups in total. The molecule has 0 aliphatic heterocycles. The predicted molar refractivity (Wildman–Crippen MR) is 70.7 cm³/mol. The van der Waals surface area contributed by atoms with Gasteiger partial charge in [0.15, 0.2) is 5.82 Å². The summed E-state index contributed by atoms with van der Waals surface area (Å²) in [6.07, 6.45) is 1.44. The standard InChI is InChI=1S/C12H10ClN5/c1-18(10-5-3-2-4-8(10)6-14)11-9(15)7-16-12(13)17-11/h2-5,7H,15H2,1H3. The number of halogens is 1. The van der Waals surface area contributed by atoms with E-state index in [-0.39, 0.29) is 5.28 Å². The summed E-state index contributed by atoms with van der Waals surface area (Å²) in [6, 6.07) is 9.30. The largest absolute Gasteiger partial charge is 0.394 e. The molecule has 5 nitrogen and oxygen atoms in total. The summed E-state index contributed by atoms with van der Waals surface area (Å²) in [5.41, 5.74) is 7.45. The maximum Gasteiger partial charge on any atom is 0.224 e. The van der Waals surface area contributed by atoms with Crippen molar-refractivity contribution < 1.29 is 0 Å². The Kier molecular flexibility index (Phi) is 3.31. The van der Waals surface area contributed by atoms with Gasteiger partial charge in [-0.15, -0.1) is 0 Å². The molecule has 1 aromatic heterocycles. The van der Waals surface area contributed by atoms with Gasteiger partial charge < -0.3 is 10.6 Å². The van der Waals surface area contributed by atoms with Crippen LogP contribution in [0, 0.1) is 11.3 Å². The third-order valence-electron chi connectivity index (χ3n) is 2.47. The van der Waals surface area contributed by atoms with Crippen LogP contribution in [-0.4, -0.2) is 17.0 Å². The lowest BCUT2D eigenvalue weighted by atomic mass is 10.2. The fourth-order valence-electron chi connectivity index (χ4n) is 1.60. The van der Waals surface area contributed by atoms with E-state index in [1.807, 2.05) is 12.1 Å². The van der Waals surface area contributed by atoms with E-state index in [0.717, 1.165) is 0 Å². The summed E-state index contributed by atoms with van der Waals surface area (Å²) < 4.78 is 0. The van der Waals surface area contributed by atoms with Crippen LogP contribution in [0.15, 0.2) is 30.5 Å². The zero-order chi connectivity index (χ0) is 13.1. The van der Waals surface area contributed by atoms with Crippen molar-refractivity contribution in [1.29, 1.82) is 5.26 Å². The molecule has 0 unspecified atom stereocenters. The van der Waals surface area contributed by atoms with Crippen LogP contribution in [0.1, 0.15) is 5.56 Å². The van der Waals surface area contributed by atoms with E-state index in [0.29, 0.717) is 22.8 Å². The maximum atomic E-state index is 9.07. The van der Waals surface area contributed by atoms with Crippen molar-refractivity contribution in [3.05, 3.63) is 41.3 Å². The summed E-state index contributed by atoms with van der Waals surface area (Å²) in [4.78, 5) is 9.58. The summed E-state index contributed by atoms with van der Waals surface area (Å²) in [5, 5.41) is 9.18. The molecule has 1 aromatic carbocycles. The average Bonchev–Trinajstić information content (AvgIpc) is 2.40. The van der Waals surface area contributed by atoms with Gasteiger partial charge in [-0.1, -0.05) is 12.1 Å². The second-order valence-electron chi connectivity index (χ2n) is 3.61. The highest BCUT2D eigenvalue weighted by molar-refractivity contribution is 6.28. The quantitative estimate of drug-likeness (QED) is 0.838. The van der Waals surface area contributed by atoms with Gasteiger partial charge in [0.05, 0.1) is 23.1 Å². The van der Waals surface area contributed by atoms with Crippen LogP contribution in [0.25, 0.3) is 0 Å². The van der Waals surface area contributed by atoms with Crippen molar-refractivity contribution in [2.45, 2.75) is 0 Å². The number of aromatic nitrogens is 2. The van der Waals surface area contributed by atoms with Gasteiger partial charge in [-0.05, 0) is 23.7 Å². The molecular formula is C12H10ClN5. The molecule has 6 heteroatoms. The first-order valence-corrected chi connectivity index (χ1v) is 5.52. The molecule has 0 aliphatic rings. The SMILES string of the molecule is CN(c1ccccc1C#N)c1nc(Cl)ncc1N. The van der Waals surface area contributed by atoms with Crippen molar-refractivity contribution in [3.8, 4) is 6.07 Å². The summed E-state index contributed by atoms with van der Waals surface area (Å²) >= 11 is 5.75. The Morgan fingerprint density at radius 1 is 1.39 bits per heavy atom. The molecule has 0 radical (unpaired) electrons. The molecule has 0 amide bonds. The van der Waals surface area contributed by atoms with Gasteiger partial charge in [-0.3, -0.25) is 0 Å². The van der Waals surface area contributed by atoms with E-state index in [1.165, 1.54) is 6.20 Å². The average molecular weight is 260 g/mol. The molecule has 18 heavy (non-hydrogen) atoms. The summed E-state index contributed by atoms with van der Waals surface area (Å²) in [6.45, 7) is 0. The highest BCUT2D eigenvalue weighted by Gasteiger charge is 2.13. The van der Waals surface area contributed by atoms with Crippen LogP contribution in [0.5, 0.6) is 0 Å². The number of rotatable bonds is 2. The van der Waals surface area contributed by atoms with Crippen molar-refractivity contribution in [1.82, 2.24) is 9.97 Å². The highest BCUT2D eigenvalue weighted by Crippen LogP contribution is 2.29. The number of nitrogens with zero attached hydrogens (tertiary/aromatic N) is 4. The van der Waals surface area contributed by atoms with E-state index >= 15 is 0 Å². The normalized spacial score (nSPS) is 9.83. The molecule has 0 spiro atoms. The molecule has 0 saturated carbocycles. The molecule has 0 bridgehead atoms. The van der Waals surface area contributed by atoms with Crippen LogP contribution in [0.2, 0.25) is 5.28 Å². The van der Waals surface area contributed by atoms with Gasteiger partial charge in [-0.2, -0.15) is 10.2 Å². The van der Waals surface area contributed by atoms with Crippen LogP contribution >= 0.6 is 11.6 Å². The first-order valence-electron chi connectivity index (χ1n) is 5.14. The smallest absolute Gasteiger partial charge is 0.224 e. The summed E-state index contributed by atoms with van der Waals surface area (Å²) in [7, 11) is 1.77. The highest BCUT2D eigenvalue weighted by atomic mass is 35.5. The van der Waals surface area contributed by atoms with E-state index in [9.17, 15) is 0 Å². The minimum absolute atomic E-state index is 0.112. The Labute approximate surface area is 109 Å². The number of benzene rings is 1. The first-order chi connectivity index (χ1) is 8.63. The van der Waals surface area contributed by atoms with Gasteiger partial charge in [0, 0.05) is 7.05 Å². The molecule has 1 heterocycles. The fraction of sp³-hybridized carbons (Fsp3) is 0.0833. The zero-order valence-corrected chi connectivity index (χ0v) is 10.4. The number of nitrogens with two attached hydrogens (primary N) is 1. The molecule has 2 rings (SSSR count). The number of hydrogen-bond donors (Lipinski definition) is 1. The maximum absolute atomic E-state index is 9.07. The van der Waals surface area contributed by atoms with E-state index in [4.69, 9.17) is 22.6 Å². The lowest BCUT2D eigenvalue weighted by Gasteiger charge is -2.20. The van der Waals surface area contributed by atoms with E-state index in [1.54, 1.807) is 24.1 Å². The molecule has 90 valence electrons. The first kappa shape index (κ1) is 12.1. The van der Waals surface area contributed by atoms with Crippen molar-refractivity contribution in [3.63, 3.8) is 0 Å². The van der Waals surface area contributed by atoms with E-state index in [2.05, 4.69) is 16.0 Å².